The lowest BCUT2D eigenvalue weighted by molar-refractivity contribution is 0.503. The highest BCUT2D eigenvalue weighted by molar-refractivity contribution is 7.89. The average molecular weight is 222 g/mol. The molecule has 13 heavy (non-hydrogen) atoms. The predicted octanol–water partition coefficient (Wildman–Crippen LogP) is -0.0559. The Bertz CT molecular complexity index is 296. The van der Waals surface area contributed by atoms with Crippen LogP contribution in [0, 0.1) is 5.92 Å². The molecule has 0 atom stereocenters. The summed E-state index contributed by atoms with van der Waals surface area (Å²) >= 11 is 4.64. The van der Waals surface area contributed by atoms with Crippen LogP contribution in [-0.2, 0) is 10.0 Å². The number of hydrogen-bond acceptors (Lipinski definition) is 3. The summed E-state index contributed by atoms with van der Waals surface area (Å²) in [6, 6.07) is 0. The van der Waals surface area contributed by atoms with Crippen LogP contribution >= 0.6 is 12.2 Å². The number of hydrogen-bond donors (Lipinski definition) is 1. The molecule has 76 valence electrons. The molecule has 0 aromatic carbocycles. The van der Waals surface area contributed by atoms with Crippen LogP contribution in [0.4, 0.5) is 0 Å². The maximum atomic E-state index is 11.5. The molecule has 0 unspecified atom stereocenters. The van der Waals surface area contributed by atoms with Gasteiger partial charge in [-0.05, 0) is 18.8 Å². The Labute approximate surface area is 84.1 Å². The van der Waals surface area contributed by atoms with Crippen molar-refractivity contribution in [2.24, 2.45) is 11.7 Å². The summed E-state index contributed by atoms with van der Waals surface area (Å²) in [6.07, 6.45) is 2.06. The van der Waals surface area contributed by atoms with Crippen LogP contribution in [0.25, 0.3) is 0 Å². The van der Waals surface area contributed by atoms with Gasteiger partial charge in [-0.2, -0.15) is 4.31 Å². The van der Waals surface area contributed by atoms with Crippen LogP contribution < -0.4 is 5.73 Å². The van der Waals surface area contributed by atoms with Gasteiger partial charge in [0.15, 0.2) is 0 Å². The number of nitrogens with zero attached hydrogens (tertiary/aromatic N) is 1. The SMILES string of the molecule is CN(CC(N)=S)S(=O)(=O)CC1CC1. The maximum absolute atomic E-state index is 11.5. The lowest BCUT2D eigenvalue weighted by atomic mass is 10.5. The summed E-state index contributed by atoms with van der Waals surface area (Å²) in [4.78, 5) is 0.210. The normalized spacial score (nSPS) is 17.7. The standard InChI is InChI=1S/C7H14N2O2S2/c1-9(4-7(8)12)13(10,11)5-6-2-3-6/h6H,2-5H2,1H3,(H2,8,12). The average Bonchev–Trinajstić information content (AvgIpc) is 2.69. The molecule has 0 spiro atoms. The van der Waals surface area contributed by atoms with Crippen molar-refractivity contribution in [2.45, 2.75) is 12.8 Å². The molecule has 6 heteroatoms. The van der Waals surface area contributed by atoms with Gasteiger partial charge in [-0.3, -0.25) is 0 Å². The molecule has 4 nitrogen and oxygen atoms in total. The molecule has 0 amide bonds. The molecular formula is C7H14N2O2S2. The predicted molar refractivity (Wildman–Crippen MR) is 55.9 cm³/mol. The summed E-state index contributed by atoms with van der Waals surface area (Å²) in [6.45, 7) is 0.143. The van der Waals surface area contributed by atoms with Gasteiger partial charge in [0.05, 0.1) is 17.3 Å². The summed E-state index contributed by atoms with van der Waals surface area (Å²) in [5, 5.41) is 0. The Morgan fingerprint density at radius 1 is 1.62 bits per heavy atom. The minimum Gasteiger partial charge on any atom is -0.392 e. The molecule has 1 aliphatic carbocycles. The quantitative estimate of drug-likeness (QED) is 0.662. The Morgan fingerprint density at radius 2 is 2.15 bits per heavy atom. The smallest absolute Gasteiger partial charge is 0.214 e. The van der Waals surface area contributed by atoms with E-state index in [0.29, 0.717) is 5.92 Å². The maximum Gasteiger partial charge on any atom is 0.214 e. The van der Waals surface area contributed by atoms with E-state index in [1.807, 2.05) is 0 Å². The van der Waals surface area contributed by atoms with E-state index in [9.17, 15) is 8.42 Å². The van der Waals surface area contributed by atoms with Crippen molar-refractivity contribution in [2.75, 3.05) is 19.3 Å². The highest BCUT2D eigenvalue weighted by Gasteiger charge is 2.30. The molecular weight excluding hydrogens is 208 g/mol. The van der Waals surface area contributed by atoms with Gasteiger partial charge in [-0.1, -0.05) is 12.2 Å². The zero-order valence-electron chi connectivity index (χ0n) is 7.56. The summed E-state index contributed by atoms with van der Waals surface area (Å²) < 4.78 is 24.3. The molecule has 0 bridgehead atoms. The Morgan fingerprint density at radius 3 is 2.54 bits per heavy atom. The van der Waals surface area contributed by atoms with Gasteiger partial charge in [-0.15, -0.1) is 0 Å². The third-order valence-electron chi connectivity index (χ3n) is 2.00. The molecule has 1 saturated carbocycles. The van der Waals surface area contributed by atoms with E-state index >= 15 is 0 Å². The second-order valence-corrected chi connectivity index (χ2v) is 6.09. The Kier molecular flexibility index (Phi) is 3.26. The van der Waals surface area contributed by atoms with Crippen LogP contribution in [0.1, 0.15) is 12.8 Å². The fraction of sp³-hybridized carbons (Fsp3) is 0.857. The lowest BCUT2D eigenvalue weighted by Crippen LogP contribution is -2.36. The number of thiocarbonyl (C=S) groups is 1. The van der Waals surface area contributed by atoms with Gasteiger partial charge in [0, 0.05) is 7.05 Å². The molecule has 0 heterocycles. The van der Waals surface area contributed by atoms with Crippen LogP contribution in [-0.4, -0.2) is 37.1 Å². The molecule has 0 aromatic heterocycles. The largest absolute Gasteiger partial charge is 0.392 e. The van der Waals surface area contributed by atoms with Crippen molar-refractivity contribution < 1.29 is 8.42 Å². The molecule has 1 fully saturated rings. The Balaban J connectivity index is 2.51. The van der Waals surface area contributed by atoms with Crippen LogP contribution in [0.15, 0.2) is 0 Å². The van der Waals surface area contributed by atoms with Gasteiger partial charge in [0.25, 0.3) is 0 Å². The first-order valence-electron chi connectivity index (χ1n) is 4.14. The first kappa shape index (κ1) is 10.9. The number of rotatable bonds is 5. The third kappa shape index (κ3) is 3.58. The van der Waals surface area contributed by atoms with Gasteiger partial charge in [-0.25, -0.2) is 8.42 Å². The summed E-state index contributed by atoms with van der Waals surface area (Å²) in [5.74, 6) is 0.602. The van der Waals surface area contributed by atoms with E-state index in [2.05, 4.69) is 12.2 Å². The third-order valence-corrected chi connectivity index (χ3v) is 4.10. The van der Waals surface area contributed by atoms with E-state index in [-0.39, 0.29) is 17.3 Å². The first-order valence-corrected chi connectivity index (χ1v) is 6.16. The highest BCUT2D eigenvalue weighted by Crippen LogP contribution is 2.30. The number of likely N-dealkylation sites (N-methyl/N-ethyl adjacent to an activating group) is 1. The van der Waals surface area contributed by atoms with Crippen molar-refractivity contribution in [3.8, 4) is 0 Å². The Hall–Kier alpha value is -0.200. The second kappa shape index (κ2) is 3.89. The monoisotopic (exact) mass is 222 g/mol. The van der Waals surface area contributed by atoms with Crippen molar-refractivity contribution in [3.63, 3.8) is 0 Å². The molecule has 1 rings (SSSR count). The van der Waals surface area contributed by atoms with E-state index in [0.717, 1.165) is 12.8 Å². The molecule has 2 N–H and O–H groups in total. The van der Waals surface area contributed by atoms with E-state index in [1.54, 1.807) is 0 Å². The zero-order chi connectivity index (χ0) is 10.1. The molecule has 0 aliphatic heterocycles. The van der Waals surface area contributed by atoms with Gasteiger partial charge < -0.3 is 5.73 Å². The molecule has 0 saturated heterocycles. The van der Waals surface area contributed by atoms with E-state index in [1.165, 1.54) is 11.4 Å². The van der Waals surface area contributed by atoms with Crippen molar-refractivity contribution in [1.29, 1.82) is 0 Å². The van der Waals surface area contributed by atoms with Gasteiger partial charge >= 0.3 is 0 Å². The molecule has 1 aliphatic rings. The van der Waals surface area contributed by atoms with Crippen molar-refractivity contribution in [1.82, 2.24) is 4.31 Å². The van der Waals surface area contributed by atoms with Crippen molar-refractivity contribution in [3.05, 3.63) is 0 Å². The first-order chi connectivity index (χ1) is 5.92. The fourth-order valence-electron chi connectivity index (χ4n) is 1.03. The lowest BCUT2D eigenvalue weighted by Gasteiger charge is -2.15. The van der Waals surface area contributed by atoms with E-state index in [4.69, 9.17) is 5.73 Å². The van der Waals surface area contributed by atoms with Crippen molar-refractivity contribution >= 4 is 27.2 Å². The summed E-state index contributed by atoms with van der Waals surface area (Å²) in [5.41, 5.74) is 5.26. The topological polar surface area (TPSA) is 63.4 Å². The highest BCUT2D eigenvalue weighted by atomic mass is 32.2. The van der Waals surface area contributed by atoms with E-state index < -0.39 is 10.0 Å². The fourth-order valence-corrected chi connectivity index (χ4v) is 2.82. The molecule has 0 aromatic rings. The van der Waals surface area contributed by atoms with Crippen LogP contribution in [0.5, 0.6) is 0 Å². The van der Waals surface area contributed by atoms with Crippen LogP contribution in [0.2, 0.25) is 0 Å². The van der Waals surface area contributed by atoms with Crippen LogP contribution in [0.3, 0.4) is 0 Å². The number of nitrogens with two attached hydrogens (primary N) is 1. The minimum absolute atomic E-state index is 0.143. The second-order valence-electron chi connectivity index (χ2n) is 3.44. The summed E-state index contributed by atoms with van der Waals surface area (Å²) in [7, 11) is -1.62. The van der Waals surface area contributed by atoms with Gasteiger partial charge in [0.2, 0.25) is 10.0 Å². The zero-order valence-corrected chi connectivity index (χ0v) is 9.20. The molecule has 0 radical (unpaired) electrons. The van der Waals surface area contributed by atoms with Gasteiger partial charge in [0.1, 0.15) is 0 Å². The minimum atomic E-state index is -3.13. The number of sulfonamides is 1.